The number of hydrogen-bond acceptors (Lipinski definition) is 12. The minimum absolute atomic E-state index is 0.0565. The number of anilines is 1. The number of hydrogen-bond donors (Lipinski definition) is 4. The van der Waals surface area contributed by atoms with Gasteiger partial charge in [-0.2, -0.15) is 0 Å². The first-order chi connectivity index (χ1) is 24.1. The summed E-state index contributed by atoms with van der Waals surface area (Å²) in [5.41, 5.74) is 10.9. The molecule has 0 radical (unpaired) electrons. The summed E-state index contributed by atoms with van der Waals surface area (Å²) in [6, 6.07) is 8.06. The lowest BCUT2D eigenvalue weighted by Crippen LogP contribution is -2.63. The Bertz CT molecular complexity index is 2190. The third kappa shape index (κ3) is 6.91. The van der Waals surface area contributed by atoms with E-state index in [1.807, 2.05) is 22.9 Å². The molecule has 0 spiro atoms. The molecule has 2 aliphatic rings. The molecule has 1 aromatic carbocycles. The number of nitrogen functional groups attached to an aromatic ring is 2. The van der Waals surface area contributed by atoms with Gasteiger partial charge in [0.25, 0.3) is 0 Å². The SMILES string of the molecule is CC(C)(O/N=C(\C(=O)C[C@@H]1C(=O)N2C(C(=O)[O-])=C(C[n+]3ccc4c(ccn4Cc4ccc(C(=N)N)cc4F)c3)CS[C@H]12)c1csc(N)n1)C(=O)O. The summed E-state index contributed by atoms with van der Waals surface area (Å²) in [5, 5.41) is 34.8. The molecule has 51 heavy (non-hydrogen) atoms. The van der Waals surface area contributed by atoms with E-state index in [0.29, 0.717) is 16.7 Å². The summed E-state index contributed by atoms with van der Waals surface area (Å²) in [4.78, 5) is 61.2. The Hall–Kier alpha value is -5.62. The van der Waals surface area contributed by atoms with Gasteiger partial charge in [-0.15, -0.1) is 23.1 Å². The summed E-state index contributed by atoms with van der Waals surface area (Å²) in [6.45, 7) is 2.87. The number of pyridine rings is 1. The first kappa shape index (κ1) is 35.2. The normalized spacial score (nSPS) is 17.7. The van der Waals surface area contributed by atoms with Crippen LogP contribution in [0, 0.1) is 17.1 Å². The van der Waals surface area contributed by atoms with Crippen molar-refractivity contribution >= 4 is 74.3 Å². The maximum Gasteiger partial charge on any atom is 0.350 e. The quantitative estimate of drug-likeness (QED) is 0.0501. The molecule has 1 saturated heterocycles. The van der Waals surface area contributed by atoms with Crippen LogP contribution in [0.5, 0.6) is 0 Å². The minimum Gasteiger partial charge on any atom is -0.543 e. The largest absolute Gasteiger partial charge is 0.543 e. The number of β-lactam (4-membered cyclic amide) rings is 1. The van der Waals surface area contributed by atoms with Gasteiger partial charge in [0.1, 0.15) is 17.3 Å². The van der Waals surface area contributed by atoms with E-state index in [1.165, 1.54) is 37.1 Å². The molecule has 6 rings (SSSR count). The number of carboxylic acid groups (broad SMARTS) is 2. The lowest BCUT2D eigenvalue weighted by Gasteiger charge is -2.50. The van der Waals surface area contributed by atoms with Crippen LogP contribution in [0.4, 0.5) is 9.52 Å². The van der Waals surface area contributed by atoms with Crippen molar-refractivity contribution in [2.75, 3.05) is 11.5 Å². The van der Waals surface area contributed by atoms with Gasteiger partial charge in [0, 0.05) is 46.5 Å². The fraction of sp³-hybridized carbons (Fsp3) is 0.273. The fourth-order valence-corrected chi connectivity index (χ4v) is 7.69. The number of amides is 1. The number of carbonyl (C=O) groups excluding carboxylic acids is 3. The highest BCUT2D eigenvalue weighted by molar-refractivity contribution is 8.00. The molecule has 18 heteroatoms. The summed E-state index contributed by atoms with van der Waals surface area (Å²) in [5.74, 6) is -5.44. The van der Waals surface area contributed by atoms with Crippen molar-refractivity contribution in [1.29, 1.82) is 5.41 Å². The minimum atomic E-state index is -1.77. The number of thiazole rings is 1. The van der Waals surface area contributed by atoms with Crippen molar-refractivity contribution in [3.05, 3.63) is 88.2 Å². The van der Waals surface area contributed by atoms with Gasteiger partial charge in [0.2, 0.25) is 11.5 Å². The van der Waals surface area contributed by atoms with Crippen LogP contribution >= 0.6 is 23.1 Å². The number of aliphatic carboxylic acids is 2. The lowest BCUT2D eigenvalue weighted by atomic mass is 9.89. The number of ketones is 1. The maximum absolute atomic E-state index is 14.7. The highest BCUT2D eigenvalue weighted by Gasteiger charge is 2.53. The van der Waals surface area contributed by atoms with E-state index in [2.05, 4.69) is 10.1 Å². The molecule has 3 aromatic heterocycles. The Balaban J connectivity index is 1.18. The van der Waals surface area contributed by atoms with Gasteiger partial charge in [-0.1, -0.05) is 17.3 Å². The van der Waals surface area contributed by atoms with Gasteiger partial charge in [-0.05, 0) is 26.0 Å². The number of aromatic nitrogens is 3. The second-order valence-electron chi connectivity index (χ2n) is 12.4. The van der Waals surface area contributed by atoms with E-state index in [9.17, 15) is 33.8 Å². The zero-order valence-electron chi connectivity index (χ0n) is 27.2. The molecule has 15 nitrogen and oxygen atoms in total. The van der Waals surface area contributed by atoms with Crippen LogP contribution in [0.3, 0.4) is 0 Å². The molecule has 1 fully saturated rings. The second kappa shape index (κ2) is 13.6. The molecule has 1 amide bonds. The van der Waals surface area contributed by atoms with Gasteiger partial charge in [0.05, 0.1) is 40.4 Å². The molecule has 0 saturated carbocycles. The number of carbonyl (C=O) groups is 4. The first-order valence-corrected chi connectivity index (χ1v) is 17.3. The Kier molecular flexibility index (Phi) is 9.39. The van der Waals surface area contributed by atoms with Crippen molar-refractivity contribution < 1.29 is 43.2 Å². The highest BCUT2D eigenvalue weighted by atomic mass is 32.2. The monoisotopic (exact) mass is 734 g/mol. The molecule has 0 aliphatic carbocycles. The third-order valence-electron chi connectivity index (χ3n) is 8.51. The average molecular weight is 735 g/mol. The molecular weight excluding hydrogens is 704 g/mol. The van der Waals surface area contributed by atoms with Gasteiger partial charge in [-0.3, -0.25) is 19.9 Å². The van der Waals surface area contributed by atoms with Crippen LogP contribution in [0.1, 0.15) is 37.1 Å². The Labute approximate surface area is 297 Å². The molecule has 4 aromatic rings. The number of amidine groups is 1. The number of nitrogens with one attached hydrogen (secondary N) is 1. The van der Waals surface area contributed by atoms with Crippen molar-refractivity contribution in [3.63, 3.8) is 0 Å². The molecule has 6 N–H and O–H groups in total. The number of rotatable bonds is 13. The molecule has 2 aliphatic heterocycles. The van der Waals surface area contributed by atoms with Crippen LogP contribution < -0.4 is 21.1 Å². The maximum atomic E-state index is 14.7. The molecule has 2 atom stereocenters. The van der Waals surface area contributed by atoms with Crippen LogP contribution in [0.2, 0.25) is 0 Å². The topological polar surface area (TPSA) is 234 Å². The van der Waals surface area contributed by atoms with Crippen LogP contribution in [-0.4, -0.2) is 71.5 Å². The molecule has 0 bridgehead atoms. The van der Waals surface area contributed by atoms with Gasteiger partial charge >= 0.3 is 5.97 Å². The number of oxime groups is 1. The third-order valence-corrected chi connectivity index (χ3v) is 10.6. The Morgan fingerprint density at radius 2 is 2.04 bits per heavy atom. The predicted molar refractivity (Wildman–Crippen MR) is 183 cm³/mol. The molecule has 264 valence electrons. The zero-order valence-corrected chi connectivity index (χ0v) is 28.8. The number of Topliss-reactive ketones (excluding diaryl/α,β-unsaturated/α-hetero) is 1. The standard InChI is InChI=1S/C33H31FN8O7S2/c1-33(2,31(47)48)49-39-25(22-15-51-32(37)38-22)24(43)10-20-28(44)42-26(30(45)46)19(14-50-29(20)42)12-40-7-6-23-18(11-40)5-8-41(23)13-17-4-3-16(27(35)36)9-21(17)34/h3-9,11,15,20,29H,10,12-14H2,1-2H3,(H6-,35,36,37,38,45,46,47,48)/b39-25-/t20-,29-/m1/s1. The smallest absolute Gasteiger partial charge is 0.350 e. The van der Waals surface area contributed by atoms with E-state index in [0.717, 1.165) is 27.1 Å². The van der Waals surface area contributed by atoms with Crippen LogP contribution in [0.25, 0.3) is 10.9 Å². The number of fused-ring (bicyclic) bond motifs is 2. The second-order valence-corrected chi connectivity index (χ2v) is 14.4. The van der Waals surface area contributed by atoms with Crippen LogP contribution in [-0.2, 0) is 37.1 Å². The predicted octanol–water partition coefficient (Wildman–Crippen LogP) is 1.22. The molecular formula is C33H31FN8O7S2. The zero-order chi connectivity index (χ0) is 36.8. The number of nitrogens with zero attached hydrogens (tertiary/aromatic N) is 5. The molecule has 0 unspecified atom stereocenters. The number of carboxylic acids is 2. The van der Waals surface area contributed by atoms with E-state index < -0.39 is 46.3 Å². The van der Waals surface area contributed by atoms with Crippen LogP contribution in [0.15, 0.2) is 70.7 Å². The first-order valence-electron chi connectivity index (χ1n) is 15.4. The number of halogens is 1. The van der Waals surface area contributed by atoms with E-state index in [1.54, 1.807) is 29.1 Å². The average Bonchev–Trinajstić information content (AvgIpc) is 3.69. The van der Waals surface area contributed by atoms with E-state index in [-0.39, 0.29) is 53.3 Å². The summed E-state index contributed by atoms with van der Waals surface area (Å²) >= 11 is 2.34. The summed E-state index contributed by atoms with van der Waals surface area (Å²) in [7, 11) is 0. The highest BCUT2D eigenvalue weighted by Crippen LogP contribution is 2.45. The summed E-state index contributed by atoms with van der Waals surface area (Å²) < 4.78 is 18.3. The van der Waals surface area contributed by atoms with Crippen molar-refractivity contribution in [1.82, 2.24) is 14.5 Å². The van der Waals surface area contributed by atoms with Crippen molar-refractivity contribution in [3.8, 4) is 0 Å². The van der Waals surface area contributed by atoms with E-state index >= 15 is 0 Å². The number of nitrogens with two attached hydrogens (primary N) is 2. The van der Waals surface area contributed by atoms with Crippen molar-refractivity contribution in [2.45, 2.75) is 44.3 Å². The van der Waals surface area contributed by atoms with Crippen molar-refractivity contribution in [2.24, 2.45) is 16.8 Å². The molecule has 5 heterocycles. The lowest BCUT2D eigenvalue weighted by molar-refractivity contribution is -0.687. The van der Waals surface area contributed by atoms with E-state index in [4.69, 9.17) is 21.7 Å². The number of benzene rings is 1. The summed E-state index contributed by atoms with van der Waals surface area (Å²) in [6.07, 6.45) is 5.02. The van der Waals surface area contributed by atoms with Gasteiger partial charge < -0.3 is 35.9 Å². The van der Waals surface area contributed by atoms with Gasteiger partial charge in [-0.25, -0.2) is 18.7 Å². The Morgan fingerprint density at radius 3 is 2.69 bits per heavy atom. The van der Waals surface area contributed by atoms with Gasteiger partial charge in [0.15, 0.2) is 35.6 Å². The Morgan fingerprint density at radius 1 is 1.27 bits per heavy atom. The number of thioether (sulfide) groups is 1. The fourth-order valence-electron chi connectivity index (χ4n) is 5.73.